The first kappa shape index (κ1) is 14.1. The van der Waals surface area contributed by atoms with Crippen LogP contribution >= 0.6 is 11.3 Å². The first-order chi connectivity index (χ1) is 9.70. The highest BCUT2D eigenvalue weighted by Crippen LogP contribution is 2.28. The van der Waals surface area contributed by atoms with Crippen LogP contribution in [0.25, 0.3) is 0 Å². The molecule has 0 atom stereocenters. The fraction of sp³-hybridized carbons (Fsp3) is 0.250. The number of anilines is 2. The maximum Gasteiger partial charge on any atom is 0.263 e. The molecule has 0 aliphatic heterocycles. The highest BCUT2D eigenvalue weighted by Gasteiger charge is 2.13. The van der Waals surface area contributed by atoms with Gasteiger partial charge in [-0.2, -0.15) is 4.98 Å². The average molecular weight is 293 g/mol. The molecule has 0 aromatic carbocycles. The van der Waals surface area contributed by atoms with Gasteiger partial charge in [-0.3, -0.25) is 4.79 Å². The van der Waals surface area contributed by atoms with Crippen LogP contribution in [0.15, 0.2) is 29.6 Å². The zero-order chi connectivity index (χ0) is 14.4. The molecule has 2 rings (SSSR count). The molecule has 20 heavy (non-hydrogen) atoms. The van der Waals surface area contributed by atoms with Gasteiger partial charge in [-0.05, 0) is 6.07 Å². The third kappa shape index (κ3) is 3.58. The number of aromatic nitrogens is 2. The number of nitrogens with one attached hydrogen (secondary N) is 2. The second kappa shape index (κ2) is 6.71. The molecule has 106 valence electrons. The van der Waals surface area contributed by atoms with Crippen LogP contribution < -0.4 is 16.4 Å². The van der Waals surface area contributed by atoms with Gasteiger partial charge in [-0.25, -0.2) is 0 Å². The Balaban J connectivity index is 1.89. The average Bonchev–Trinajstić information content (AvgIpc) is 3.06. The van der Waals surface area contributed by atoms with Crippen molar-refractivity contribution >= 4 is 27.9 Å². The van der Waals surface area contributed by atoms with Crippen LogP contribution in [0.5, 0.6) is 0 Å². The Hall–Kier alpha value is -2.35. The third-order valence-electron chi connectivity index (χ3n) is 2.43. The SMILES string of the molecule is C=CCNC(=O)c1sc(NCCc2ncon2)cc1N. The van der Waals surface area contributed by atoms with Gasteiger partial charge in [0.15, 0.2) is 5.82 Å². The number of hydrogen-bond acceptors (Lipinski definition) is 7. The van der Waals surface area contributed by atoms with Gasteiger partial charge in [0, 0.05) is 19.5 Å². The number of hydrogen-bond donors (Lipinski definition) is 3. The first-order valence-electron chi connectivity index (χ1n) is 5.98. The number of nitrogen functional groups attached to an aromatic ring is 1. The molecular formula is C12H15N5O2S. The minimum absolute atomic E-state index is 0.196. The fourth-order valence-corrected chi connectivity index (χ4v) is 2.44. The van der Waals surface area contributed by atoms with E-state index in [9.17, 15) is 4.79 Å². The lowest BCUT2D eigenvalue weighted by molar-refractivity contribution is 0.0963. The maximum absolute atomic E-state index is 11.8. The molecule has 2 heterocycles. The summed E-state index contributed by atoms with van der Waals surface area (Å²) in [6.07, 6.45) is 3.54. The summed E-state index contributed by atoms with van der Waals surface area (Å²) in [6, 6.07) is 1.74. The van der Waals surface area contributed by atoms with E-state index in [1.165, 1.54) is 17.7 Å². The Morgan fingerprint density at radius 1 is 1.60 bits per heavy atom. The van der Waals surface area contributed by atoms with E-state index in [1.807, 2.05) is 0 Å². The Bertz CT molecular complexity index is 579. The van der Waals surface area contributed by atoms with Gasteiger partial charge in [0.25, 0.3) is 5.91 Å². The highest BCUT2D eigenvalue weighted by molar-refractivity contribution is 7.18. The van der Waals surface area contributed by atoms with Crippen molar-refractivity contribution in [1.82, 2.24) is 15.5 Å². The second-order valence-corrected chi connectivity index (χ2v) is 4.97. The molecule has 0 bridgehead atoms. The molecule has 0 unspecified atom stereocenters. The molecule has 4 N–H and O–H groups in total. The molecule has 7 nitrogen and oxygen atoms in total. The number of amides is 1. The van der Waals surface area contributed by atoms with Crippen molar-refractivity contribution < 1.29 is 9.32 Å². The Morgan fingerprint density at radius 2 is 2.45 bits per heavy atom. The Kier molecular flexibility index (Phi) is 4.72. The van der Waals surface area contributed by atoms with Crippen LogP contribution in [0.1, 0.15) is 15.5 Å². The second-order valence-electron chi connectivity index (χ2n) is 3.92. The summed E-state index contributed by atoms with van der Waals surface area (Å²) >= 11 is 1.31. The summed E-state index contributed by atoms with van der Waals surface area (Å²) in [7, 11) is 0. The van der Waals surface area contributed by atoms with Crippen molar-refractivity contribution in [3.05, 3.63) is 35.8 Å². The normalized spacial score (nSPS) is 10.2. The Labute approximate surface area is 119 Å². The van der Waals surface area contributed by atoms with Gasteiger partial charge in [-0.15, -0.1) is 17.9 Å². The van der Waals surface area contributed by atoms with Crippen LogP contribution in [0, 0.1) is 0 Å². The van der Waals surface area contributed by atoms with Gasteiger partial charge < -0.3 is 20.9 Å². The topological polar surface area (TPSA) is 106 Å². The number of carbonyl (C=O) groups excluding carboxylic acids is 1. The summed E-state index contributed by atoms with van der Waals surface area (Å²) in [5, 5.41) is 10.4. The van der Waals surface area contributed by atoms with E-state index in [1.54, 1.807) is 12.1 Å². The molecule has 0 spiro atoms. The number of thiophene rings is 1. The molecule has 0 fully saturated rings. The molecule has 1 amide bonds. The van der Waals surface area contributed by atoms with Gasteiger partial charge in [0.1, 0.15) is 4.88 Å². The number of rotatable bonds is 7. The number of nitrogens with two attached hydrogens (primary N) is 1. The monoisotopic (exact) mass is 293 g/mol. The lowest BCUT2D eigenvalue weighted by Crippen LogP contribution is -2.22. The van der Waals surface area contributed by atoms with Crippen molar-refractivity contribution in [2.45, 2.75) is 6.42 Å². The van der Waals surface area contributed by atoms with E-state index in [2.05, 4.69) is 31.9 Å². The summed E-state index contributed by atoms with van der Waals surface area (Å²) in [6.45, 7) is 4.59. The van der Waals surface area contributed by atoms with E-state index < -0.39 is 0 Å². The van der Waals surface area contributed by atoms with Crippen LogP contribution in [0.2, 0.25) is 0 Å². The Morgan fingerprint density at radius 3 is 3.15 bits per heavy atom. The lowest BCUT2D eigenvalue weighted by atomic mass is 10.3. The van der Waals surface area contributed by atoms with Gasteiger partial charge in [-0.1, -0.05) is 11.2 Å². The fourth-order valence-electron chi connectivity index (χ4n) is 1.51. The summed E-state index contributed by atoms with van der Waals surface area (Å²) < 4.78 is 4.64. The van der Waals surface area contributed by atoms with Gasteiger partial charge in [0.2, 0.25) is 6.39 Å². The van der Waals surface area contributed by atoms with E-state index in [4.69, 9.17) is 5.73 Å². The molecule has 0 radical (unpaired) electrons. The van der Waals surface area contributed by atoms with Gasteiger partial charge in [0.05, 0.1) is 10.7 Å². The molecule has 0 aliphatic carbocycles. The lowest BCUT2D eigenvalue weighted by Gasteiger charge is -2.00. The van der Waals surface area contributed by atoms with Crippen LogP contribution in [0.4, 0.5) is 10.7 Å². The number of carbonyl (C=O) groups is 1. The zero-order valence-electron chi connectivity index (χ0n) is 10.8. The molecule has 2 aromatic rings. The van der Waals surface area contributed by atoms with Crippen LogP contribution in [0.3, 0.4) is 0 Å². The minimum Gasteiger partial charge on any atom is -0.397 e. The van der Waals surface area contributed by atoms with Crippen LogP contribution in [-0.4, -0.2) is 29.1 Å². The number of nitrogens with zero attached hydrogens (tertiary/aromatic N) is 2. The molecule has 0 aliphatic rings. The summed E-state index contributed by atoms with van der Waals surface area (Å²) in [5.74, 6) is 0.435. The van der Waals surface area contributed by atoms with Crippen LogP contribution in [-0.2, 0) is 6.42 Å². The minimum atomic E-state index is -0.196. The molecule has 8 heteroatoms. The van der Waals surface area contributed by atoms with E-state index >= 15 is 0 Å². The summed E-state index contributed by atoms with van der Waals surface area (Å²) in [4.78, 5) is 16.2. The van der Waals surface area contributed by atoms with E-state index in [0.717, 1.165) is 5.00 Å². The van der Waals surface area contributed by atoms with E-state index in [0.29, 0.717) is 35.9 Å². The van der Waals surface area contributed by atoms with Crippen molar-refractivity contribution in [3.8, 4) is 0 Å². The molecule has 0 saturated heterocycles. The molecule has 0 saturated carbocycles. The summed E-state index contributed by atoms with van der Waals surface area (Å²) in [5.41, 5.74) is 6.28. The van der Waals surface area contributed by atoms with Crippen molar-refractivity contribution in [2.75, 3.05) is 24.1 Å². The standard InChI is InChI=1S/C12H15N5O2S/c1-2-4-15-12(18)11-8(13)6-10(20-11)14-5-3-9-16-7-19-17-9/h2,6-7,14H,1,3-5,13H2,(H,15,18). The molecular weight excluding hydrogens is 278 g/mol. The predicted molar refractivity (Wildman–Crippen MR) is 77.8 cm³/mol. The third-order valence-corrected chi connectivity index (χ3v) is 3.54. The first-order valence-corrected chi connectivity index (χ1v) is 6.80. The zero-order valence-corrected chi connectivity index (χ0v) is 11.6. The van der Waals surface area contributed by atoms with E-state index in [-0.39, 0.29) is 5.91 Å². The largest absolute Gasteiger partial charge is 0.397 e. The quantitative estimate of drug-likeness (QED) is 0.664. The highest BCUT2D eigenvalue weighted by atomic mass is 32.1. The van der Waals surface area contributed by atoms with Gasteiger partial charge >= 0.3 is 0 Å². The predicted octanol–water partition coefficient (Wildman–Crippen LogP) is 1.28. The maximum atomic E-state index is 11.8. The molecule has 2 aromatic heterocycles. The van der Waals surface area contributed by atoms with Crippen molar-refractivity contribution in [1.29, 1.82) is 0 Å². The van der Waals surface area contributed by atoms with Crippen molar-refractivity contribution in [3.63, 3.8) is 0 Å². The van der Waals surface area contributed by atoms with Crippen molar-refractivity contribution in [2.24, 2.45) is 0 Å². The smallest absolute Gasteiger partial charge is 0.263 e.